The molecule has 0 aromatic heterocycles. The van der Waals surface area contributed by atoms with Crippen LogP contribution in [0, 0.1) is 16.7 Å². The minimum absolute atomic E-state index is 0.0751. The number of fused-ring (bicyclic) bond motifs is 3. The van der Waals surface area contributed by atoms with Crippen LogP contribution in [0.15, 0.2) is 42.5 Å². The van der Waals surface area contributed by atoms with Gasteiger partial charge in [0.05, 0.1) is 32.2 Å². The molecule has 0 spiro atoms. The molecule has 2 aliphatic rings. The average molecular weight is 339 g/mol. The summed E-state index contributed by atoms with van der Waals surface area (Å²) in [7, 11) is 4.68. The summed E-state index contributed by atoms with van der Waals surface area (Å²) in [6, 6.07) is 15.3. The van der Waals surface area contributed by atoms with Crippen molar-refractivity contribution < 1.29 is 9.59 Å². The van der Waals surface area contributed by atoms with E-state index < -0.39 is 0 Å². The fourth-order valence-corrected chi connectivity index (χ4v) is 6.12. The summed E-state index contributed by atoms with van der Waals surface area (Å²) in [5, 5.41) is 13.6. The molecule has 0 radical (unpaired) electrons. The van der Waals surface area contributed by atoms with Gasteiger partial charge in [0, 0.05) is 5.56 Å². The minimum Gasteiger partial charge on any atom is -0.392 e. The van der Waals surface area contributed by atoms with E-state index in [9.17, 15) is 5.11 Å². The molecule has 134 valence electrons. The Morgan fingerprint density at radius 2 is 1.80 bits per heavy atom. The molecule has 25 heavy (non-hydrogen) atoms. The molecular formula is C23H32NO+. The zero-order valence-electron chi connectivity index (χ0n) is 16.1. The van der Waals surface area contributed by atoms with Gasteiger partial charge in [-0.05, 0) is 41.4 Å². The summed E-state index contributed by atoms with van der Waals surface area (Å²) in [6.45, 7) is 6.87. The van der Waals surface area contributed by atoms with Crippen LogP contribution in [-0.2, 0) is 6.54 Å². The maximum Gasteiger partial charge on any atom is 0.105 e. The molecule has 3 atom stereocenters. The number of aliphatic hydroxyl groups excluding tert-OH is 1. The van der Waals surface area contributed by atoms with E-state index in [2.05, 4.69) is 70.4 Å². The highest BCUT2D eigenvalue weighted by atomic mass is 16.3. The van der Waals surface area contributed by atoms with Crippen molar-refractivity contribution in [3.8, 4) is 0 Å². The monoisotopic (exact) mass is 338 g/mol. The molecule has 2 aliphatic carbocycles. The van der Waals surface area contributed by atoms with E-state index in [0.717, 1.165) is 24.0 Å². The van der Waals surface area contributed by atoms with Gasteiger partial charge in [-0.1, -0.05) is 56.3 Å². The molecular weight excluding hydrogens is 306 g/mol. The van der Waals surface area contributed by atoms with Crippen molar-refractivity contribution in [2.45, 2.75) is 45.8 Å². The third-order valence-corrected chi connectivity index (χ3v) is 7.58. The number of aliphatic hydroxyl groups is 1. The highest BCUT2D eigenvalue weighted by molar-refractivity contribution is 5.85. The van der Waals surface area contributed by atoms with Crippen molar-refractivity contribution in [3.05, 3.63) is 48.0 Å². The van der Waals surface area contributed by atoms with E-state index in [-0.39, 0.29) is 16.9 Å². The Bertz CT molecular complexity index is 788. The Kier molecular flexibility index (Phi) is 3.79. The van der Waals surface area contributed by atoms with Gasteiger partial charge in [0.2, 0.25) is 0 Å². The molecule has 2 bridgehead atoms. The predicted molar refractivity (Wildman–Crippen MR) is 104 cm³/mol. The first kappa shape index (κ1) is 17.1. The first-order valence-corrected chi connectivity index (χ1v) is 9.72. The zero-order chi connectivity index (χ0) is 17.9. The topological polar surface area (TPSA) is 20.2 Å². The van der Waals surface area contributed by atoms with Gasteiger partial charge in [-0.3, -0.25) is 0 Å². The van der Waals surface area contributed by atoms with Crippen LogP contribution >= 0.6 is 0 Å². The number of nitrogens with zero attached hydrogens (tertiary/aromatic N) is 1. The lowest BCUT2D eigenvalue weighted by atomic mass is 9.67. The molecule has 0 saturated heterocycles. The smallest absolute Gasteiger partial charge is 0.105 e. The van der Waals surface area contributed by atoms with Gasteiger partial charge in [-0.2, -0.15) is 0 Å². The van der Waals surface area contributed by atoms with Crippen LogP contribution in [0.3, 0.4) is 0 Å². The minimum atomic E-state index is -0.133. The van der Waals surface area contributed by atoms with E-state index >= 15 is 0 Å². The molecule has 0 amide bonds. The van der Waals surface area contributed by atoms with Crippen molar-refractivity contribution in [2.75, 3.05) is 20.6 Å². The van der Waals surface area contributed by atoms with Gasteiger partial charge in [0.1, 0.15) is 6.54 Å². The van der Waals surface area contributed by atoms with Gasteiger partial charge in [-0.25, -0.2) is 0 Å². The predicted octanol–water partition coefficient (Wildman–Crippen LogP) is 4.60. The van der Waals surface area contributed by atoms with Crippen LogP contribution in [0.4, 0.5) is 0 Å². The summed E-state index contributed by atoms with van der Waals surface area (Å²) in [6.07, 6.45) is 3.34. The number of benzene rings is 2. The number of hydrogen-bond donors (Lipinski definition) is 1. The van der Waals surface area contributed by atoms with Gasteiger partial charge in [-0.15, -0.1) is 0 Å². The summed E-state index contributed by atoms with van der Waals surface area (Å²) in [5.41, 5.74) is 1.74. The van der Waals surface area contributed by atoms with Crippen LogP contribution in [0.5, 0.6) is 0 Å². The van der Waals surface area contributed by atoms with Crippen molar-refractivity contribution in [2.24, 2.45) is 16.7 Å². The van der Waals surface area contributed by atoms with Crippen LogP contribution in [0.2, 0.25) is 0 Å². The highest BCUT2D eigenvalue weighted by Crippen LogP contribution is 2.66. The lowest BCUT2D eigenvalue weighted by Gasteiger charge is -2.46. The standard InChI is InChI=1S/C23H32NO/c1-22(2)19-12-13-23(22,21(25)14-19)16-24(3,4)15-18-10-7-9-17-8-5-6-11-20(17)18/h5-11,19,21,25H,12-16H2,1-4H3/q+1/t19-,21-,23-/m0/s1. The number of quaternary nitrogens is 1. The highest BCUT2D eigenvalue weighted by Gasteiger charge is 2.65. The van der Waals surface area contributed by atoms with Crippen LogP contribution < -0.4 is 0 Å². The number of rotatable bonds is 4. The molecule has 2 heteroatoms. The van der Waals surface area contributed by atoms with Crippen molar-refractivity contribution in [3.63, 3.8) is 0 Å². The van der Waals surface area contributed by atoms with Crippen LogP contribution in [0.25, 0.3) is 10.8 Å². The van der Waals surface area contributed by atoms with Crippen LogP contribution in [0.1, 0.15) is 38.7 Å². The lowest BCUT2D eigenvalue weighted by molar-refractivity contribution is -0.911. The van der Waals surface area contributed by atoms with Crippen LogP contribution in [-0.4, -0.2) is 36.3 Å². The summed E-state index contributed by atoms with van der Waals surface area (Å²) >= 11 is 0. The molecule has 0 heterocycles. The van der Waals surface area contributed by atoms with Gasteiger partial charge < -0.3 is 9.59 Å². The fraction of sp³-hybridized carbons (Fsp3) is 0.565. The second kappa shape index (κ2) is 5.56. The Hall–Kier alpha value is -1.38. The van der Waals surface area contributed by atoms with E-state index in [1.165, 1.54) is 29.2 Å². The molecule has 1 N–H and O–H groups in total. The molecule has 2 aromatic carbocycles. The third kappa shape index (κ3) is 2.53. The molecule has 2 saturated carbocycles. The van der Waals surface area contributed by atoms with Crippen molar-refractivity contribution >= 4 is 10.8 Å². The van der Waals surface area contributed by atoms with Gasteiger partial charge >= 0.3 is 0 Å². The lowest BCUT2D eigenvalue weighted by Crippen LogP contribution is -2.54. The summed E-state index contributed by atoms with van der Waals surface area (Å²) in [5.74, 6) is 0.694. The maximum atomic E-state index is 10.9. The van der Waals surface area contributed by atoms with Gasteiger partial charge in [0.25, 0.3) is 0 Å². The SMILES string of the molecule is CC1(C)[C@H]2CC[C@]1(C[N+](C)(C)Cc1cccc3ccccc13)[C@@H](O)C2. The van der Waals surface area contributed by atoms with E-state index in [4.69, 9.17) is 0 Å². The Balaban J connectivity index is 1.64. The Morgan fingerprint density at radius 3 is 2.48 bits per heavy atom. The Labute approximate surface area is 152 Å². The fourth-order valence-electron chi connectivity index (χ4n) is 6.12. The van der Waals surface area contributed by atoms with Crippen molar-refractivity contribution in [1.82, 2.24) is 0 Å². The molecule has 2 aromatic rings. The molecule has 0 unspecified atom stereocenters. The average Bonchev–Trinajstić information content (AvgIpc) is 2.88. The Morgan fingerprint density at radius 1 is 1.08 bits per heavy atom. The largest absolute Gasteiger partial charge is 0.392 e. The second-order valence-corrected chi connectivity index (χ2v) is 9.76. The van der Waals surface area contributed by atoms with Gasteiger partial charge in [0.15, 0.2) is 0 Å². The molecule has 4 rings (SSSR count). The first-order valence-electron chi connectivity index (χ1n) is 9.72. The quantitative estimate of drug-likeness (QED) is 0.808. The first-order chi connectivity index (χ1) is 11.8. The zero-order valence-corrected chi connectivity index (χ0v) is 16.1. The summed E-state index contributed by atoms with van der Waals surface area (Å²) in [4.78, 5) is 0. The molecule has 0 aliphatic heterocycles. The van der Waals surface area contributed by atoms with Crippen molar-refractivity contribution in [1.29, 1.82) is 0 Å². The normalized spacial score (nSPS) is 30.9. The maximum absolute atomic E-state index is 10.9. The second-order valence-electron chi connectivity index (χ2n) is 9.76. The molecule has 2 nitrogen and oxygen atoms in total. The number of hydrogen-bond acceptors (Lipinski definition) is 1. The van der Waals surface area contributed by atoms with E-state index in [1.807, 2.05) is 0 Å². The molecule has 2 fully saturated rings. The van der Waals surface area contributed by atoms with E-state index in [1.54, 1.807) is 0 Å². The van der Waals surface area contributed by atoms with E-state index in [0.29, 0.717) is 5.92 Å². The summed E-state index contributed by atoms with van der Waals surface area (Å²) < 4.78 is 0.932. The third-order valence-electron chi connectivity index (χ3n) is 7.58.